The Balaban J connectivity index is 1.12. The molecule has 0 fully saturated rings. The van der Waals surface area contributed by atoms with Crippen molar-refractivity contribution in [2.24, 2.45) is 0 Å². The lowest BCUT2D eigenvalue weighted by Crippen LogP contribution is -2.28. The summed E-state index contributed by atoms with van der Waals surface area (Å²) in [5.41, 5.74) is 22.7. The highest BCUT2D eigenvalue weighted by molar-refractivity contribution is 5.99. The molecule has 0 saturated heterocycles. The topological polar surface area (TPSA) is 49.9 Å². The van der Waals surface area contributed by atoms with Crippen LogP contribution in [0.2, 0.25) is 0 Å². The van der Waals surface area contributed by atoms with E-state index in [1.54, 1.807) is 18.2 Å². The van der Waals surface area contributed by atoms with Crippen molar-refractivity contribution in [3.63, 3.8) is 0 Å². The fraction of sp³-hybridized carbons (Fsp3) is 0.0364. The van der Waals surface area contributed by atoms with Crippen molar-refractivity contribution in [2.75, 3.05) is 5.73 Å². The van der Waals surface area contributed by atoms with Crippen LogP contribution in [-0.4, -0.2) is 5.71 Å². The first-order valence-corrected chi connectivity index (χ1v) is 19.5. The minimum Gasteiger partial charge on any atom is -0.398 e. The number of para-hydroxylation sites is 1. The largest absolute Gasteiger partial charge is 0.398 e. The molecular formula is C55H42N2. The second kappa shape index (κ2) is 15.1. The molecular weight excluding hydrogens is 689 g/mol. The van der Waals surface area contributed by atoms with E-state index in [0.717, 1.165) is 27.8 Å². The van der Waals surface area contributed by atoms with E-state index in [2.05, 4.69) is 176 Å². The highest BCUT2D eigenvalue weighted by Crippen LogP contribution is 2.58. The molecule has 57 heavy (non-hydrogen) atoms. The zero-order valence-corrected chi connectivity index (χ0v) is 31.7. The van der Waals surface area contributed by atoms with Gasteiger partial charge in [0.2, 0.25) is 0 Å². The maximum atomic E-state index is 8.39. The van der Waals surface area contributed by atoms with Crippen LogP contribution in [-0.2, 0) is 5.41 Å². The molecule has 0 atom stereocenters. The molecule has 8 aromatic rings. The van der Waals surface area contributed by atoms with E-state index >= 15 is 0 Å². The van der Waals surface area contributed by atoms with Crippen LogP contribution in [0.1, 0.15) is 39.8 Å². The van der Waals surface area contributed by atoms with Gasteiger partial charge in [0.05, 0.1) is 5.41 Å². The number of allylic oxidation sites excluding steroid dienone is 4. The van der Waals surface area contributed by atoms with Gasteiger partial charge in [-0.15, -0.1) is 0 Å². The van der Waals surface area contributed by atoms with Crippen molar-refractivity contribution in [3.05, 3.63) is 252 Å². The number of fused-ring (bicyclic) bond motifs is 4. The van der Waals surface area contributed by atoms with Gasteiger partial charge in [0.25, 0.3) is 0 Å². The summed E-state index contributed by atoms with van der Waals surface area (Å²) in [5.74, 6) is 0. The normalized spacial score (nSPS) is 13.0. The number of anilines is 1. The van der Waals surface area contributed by atoms with Crippen molar-refractivity contribution in [1.82, 2.24) is 0 Å². The highest BCUT2D eigenvalue weighted by Gasteiger charge is 2.46. The van der Waals surface area contributed by atoms with E-state index in [9.17, 15) is 0 Å². The van der Waals surface area contributed by atoms with Crippen LogP contribution in [0.25, 0.3) is 49.7 Å². The molecule has 1 aliphatic carbocycles. The van der Waals surface area contributed by atoms with Gasteiger partial charge in [-0.3, -0.25) is 0 Å². The van der Waals surface area contributed by atoms with Crippen molar-refractivity contribution in [3.8, 4) is 33.4 Å². The van der Waals surface area contributed by atoms with Gasteiger partial charge < -0.3 is 11.1 Å². The third kappa shape index (κ3) is 6.32. The molecule has 8 aromatic carbocycles. The SMILES string of the molecule is C=C/C=C\C(=N)C/C=C(/c1ccc(-c2ccc3ccc(-c4cccc5c4-c4ccccc4C5(c4ccccc4)c4ccccc4)cc3c2)cc1)c1ccccc1N. The van der Waals surface area contributed by atoms with Gasteiger partial charge in [-0.1, -0.05) is 195 Å². The molecule has 0 unspecified atom stereocenters. The van der Waals surface area contributed by atoms with E-state index in [4.69, 9.17) is 11.1 Å². The minimum atomic E-state index is -0.438. The quantitative estimate of drug-likeness (QED) is 0.0821. The molecule has 2 nitrogen and oxygen atoms in total. The first-order valence-electron chi connectivity index (χ1n) is 19.5. The Hall–Kier alpha value is -7.29. The lowest BCUT2D eigenvalue weighted by molar-refractivity contribution is 0.768. The molecule has 3 N–H and O–H groups in total. The number of benzene rings is 8. The summed E-state index contributed by atoms with van der Waals surface area (Å²) in [7, 11) is 0. The number of nitrogens with one attached hydrogen (secondary N) is 1. The van der Waals surface area contributed by atoms with Gasteiger partial charge >= 0.3 is 0 Å². The summed E-state index contributed by atoms with van der Waals surface area (Å²) in [4.78, 5) is 0. The predicted molar refractivity (Wildman–Crippen MR) is 242 cm³/mol. The van der Waals surface area contributed by atoms with Crippen LogP contribution in [0.5, 0.6) is 0 Å². The molecule has 0 spiro atoms. The Bertz CT molecular complexity index is 2800. The molecule has 0 saturated carbocycles. The molecule has 0 amide bonds. The second-order valence-corrected chi connectivity index (χ2v) is 14.6. The van der Waals surface area contributed by atoms with Crippen LogP contribution >= 0.6 is 0 Å². The average molecular weight is 731 g/mol. The van der Waals surface area contributed by atoms with Gasteiger partial charge in [0.1, 0.15) is 0 Å². The van der Waals surface area contributed by atoms with E-state index in [1.165, 1.54) is 55.3 Å². The number of rotatable bonds is 10. The first kappa shape index (κ1) is 35.4. The smallest absolute Gasteiger partial charge is 0.0713 e. The van der Waals surface area contributed by atoms with Gasteiger partial charge in [-0.25, -0.2) is 0 Å². The van der Waals surface area contributed by atoms with E-state index in [-0.39, 0.29) is 0 Å². The fourth-order valence-corrected chi connectivity index (χ4v) is 8.76. The Morgan fingerprint density at radius 2 is 1.16 bits per heavy atom. The molecule has 9 rings (SSSR count). The van der Waals surface area contributed by atoms with Gasteiger partial charge in [-0.2, -0.15) is 0 Å². The van der Waals surface area contributed by atoms with Gasteiger partial charge in [0, 0.05) is 23.4 Å². The molecule has 0 bridgehead atoms. The molecule has 2 heteroatoms. The van der Waals surface area contributed by atoms with E-state index < -0.39 is 5.41 Å². The summed E-state index contributed by atoms with van der Waals surface area (Å²) >= 11 is 0. The van der Waals surface area contributed by atoms with Crippen LogP contribution in [0, 0.1) is 5.41 Å². The van der Waals surface area contributed by atoms with Crippen LogP contribution < -0.4 is 5.73 Å². The average Bonchev–Trinajstić information content (AvgIpc) is 3.58. The maximum absolute atomic E-state index is 8.39. The Labute approximate surface area is 335 Å². The van der Waals surface area contributed by atoms with Crippen molar-refractivity contribution >= 4 is 27.7 Å². The summed E-state index contributed by atoms with van der Waals surface area (Å²) in [6.07, 6.45) is 7.84. The molecule has 0 heterocycles. The monoisotopic (exact) mass is 730 g/mol. The number of nitrogen functional groups attached to an aromatic ring is 1. The summed E-state index contributed by atoms with van der Waals surface area (Å²) in [5, 5.41) is 10.8. The number of hydrogen-bond acceptors (Lipinski definition) is 2. The Morgan fingerprint density at radius 1 is 0.561 bits per heavy atom. The Morgan fingerprint density at radius 3 is 1.88 bits per heavy atom. The zero-order chi connectivity index (χ0) is 38.8. The third-order valence-corrected chi connectivity index (χ3v) is 11.4. The minimum absolute atomic E-state index is 0.438. The van der Waals surface area contributed by atoms with Gasteiger partial charge in [0.15, 0.2) is 0 Å². The summed E-state index contributed by atoms with van der Waals surface area (Å²) in [6.45, 7) is 3.73. The second-order valence-electron chi connectivity index (χ2n) is 14.6. The molecule has 0 radical (unpaired) electrons. The summed E-state index contributed by atoms with van der Waals surface area (Å²) in [6, 6.07) is 68.0. The first-order chi connectivity index (χ1) is 28.1. The van der Waals surface area contributed by atoms with Crippen LogP contribution in [0.4, 0.5) is 5.69 Å². The number of hydrogen-bond donors (Lipinski definition) is 2. The maximum Gasteiger partial charge on any atom is 0.0713 e. The van der Waals surface area contributed by atoms with E-state index in [1.807, 2.05) is 24.3 Å². The van der Waals surface area contributed by atoms with Crippen molar-refractivity contribution in [1.29, 1.82) is 5.41 Å². The van der Waals surface area contributed by atoms with Crippen molar-refractivity contribution < 1.29 is 0 Å². The van der Waals surface area contributed by atoms with Crippen LogP contribution in [0.15, 0.2) is 219 Å². The number of nitrogens with two attached hydrogens (primary N) is 1. The fourth-order valence-electron chi connectivity index (χ4n) is 8.76. The molecule has 1 aliphatic rings. The molecule has 0 aliphatic heterocycles. The lowest BCUT2D eigenvalue weighted by atomic mass is 9.67. The summed E-state index contributed by atoms with van der Waals surface area (Å²) < 4.78 is 0. The van der Waals surface area contributed by atoms with Crippen LogP contribution in [0.3, 0.4) is 0 Å². The predicted octanol–water partition coefficient (Wildman–Crippen LogP) is 13.7. The zero-order valence-electron chi connectivity index (χ0n) is 31.7. The Kier molecular flexibility index (Phi) is 9.38. The standard InChI is InChI=1S/C55H42N2/c1-2-3-19-46(56)34-35-47(49-20-11-13-25-53(49)57)40-30-26-38(27-31-40)41-32-28-39-29-33-42(37-43(39)36-41)48-22-14-24-52-54(48)50-21-10-12-23-51(50)55(52,44-15-6-4-7-16-44)45-17-8-5-9-18-45/h2-33,35-37,56H,1,34,57H2/b19-3-,47-35-,56-46?. The van der Waals surface area contributed by atoms with Gasteiger partial charge in [-0.05, 0) is 102 Å². The van der Waals surface area contributed by atoms with Crippen molar-refractivity contribution in [2.45, 2.75) is 11.8 Å². The molecule has 272 valence electrons. The lowest BCUT2D eigenvalue weighted by Gasteiger charge is -2.34. The van der Waals surface area contributed by atoms with E-state index in [0.29, 0.717) is 17.8 Å². The molecule has 0 aromatic heterocycles. The third-order valence-electron chi connectivity index (χ3n) is 11.4. The highest BCUT2D eigenvalue weighted by atomic mass is 14.6.